The monoisotopic (exact) mass is 465 g/mol. The van der Waals surface area contributed by atoms with E-state index in [4.69, 9.17) is 18.9 Å². The highest BCUT2D eigenvalue weighted by Gasteiger charge is 2.32. The fourth-order valence-electron chi connectivity index (χ4n) is 2.64. The fraction of sp³-hybridized carbons (Fsp3) is 0.611. The fourth-order valence-corrected chi connectivity index (χ4v) is 2.64. The van der Waals surface area contributed by atoms with Crippen molar-refractivity contribution >= 4 is 5.82 Å². The second kappa shape index (κ2) is 12.9. The first-order valence-corrected chi connectivity index (χ1v) is 9.79. The van der Waals surface area contributed by atoms with Crippen LogP contribution in [0.3, 0.4) is 0 Å². The Bertz CT molecular complexity index is 759. The van der Waals surface area contributed by atoms with Crippen molar-refractivity contribution < 1.29 is 37.0 Å². The zero-order valence-corrected chi connectivity index (χ0v) is 17.4. The second-order valence-corrected chi connectivity index (χ2v) is 6.62. The number of ether oxygens (including phenoxy) is 4. The number of hydrogen-bond donors (Lipinski definition) is 3. The summed E-state index contributed by atoms with van der Waals surface area (Å²) in [6, 6.07) is 1.50. The molecule has 0 spiro atoms. The van der Waals surface area contributed by atoms with Crippen LogP contribution in [0.2, 0.25) is 0 Å². The molecule has 1 aromatic rings. The van der Waals surface area contributed by atoms with E-state index in [-0.39, 0.29) is 36.8 Å². The van der Waals surface area contributed by atoms with E-state index in [9.17, 15) is 23.3 Å². The first-order valence-electron chi connectivity index (χ1n) is 9.79. The van der Waals surface area contributed by atoms with Crippen LogP contribution in [0.25, 0.3) is 0 Å². The number of nitro groups is 1. The highest BCUT2D eigenvalue weighted by Crippen LogP contribution is 2.32. The third-order valence-corrected chi connectivity index (χ3v) is 4.14. The van der Waals surface area contributed by atoms with Crippen molar-refractivity contribution in [2.24, 2.45) is 0 Å². The zero-order valence-electron chi connectivity index (χ0n) is 17.4. The molecule has 0 radical (unpaired) electrons. The Labute approximate surface area is 182 Å². The molecule has 180 valence electrons. The molecule has 14 heteroatoms. The molecule has 1 atom stereocenters. The predicted molar refractivity (Wildman–Crippen MR) is 106 cm³/mol. The maximum absolute atomic E-state index is 13.2. The first-order chi connectivity index (χ1) is 15.3. The summed E-state index contributed by atoms with van der Waals surface area (Å²) in [5, 5.41) is 13.6. The molecular formula is C18H26F3N5O6. The number of alkyl halides is 3. The van der Waals surface area contributed by atoms with Crippen molar-refractivity contribution in [2.75, 3.05) is 52.1 Å². The Hall–Kier alpha value is -2.84. The van der Waals surface area contributed by atoms with Crippen LogP contribution in [0.4, 0.5) is 19.0 Å². The van der Waals surface area contributed by atoms with Gasteiger partial charge in [0.1, 0.15) is 12.4 Å². The Kier molecular flexibility index (Phi) is 10.2. The van der Waals surface area contributed by atoms with E-state index in [2.05, 4.69) is 21.2 Å². The number of halogens is 3. The van der Waals surface area contributed by atoms with Gasteiger partial charge in [-0.15, -0.1) is 0 Å². The standard InChI is InChI=1S/C18H26F3N5O6/c1-29-5-6-30-7-8-32-17-10-13(18(19,20)21)9-15(23-17)24-25-16(12-26(27)28)22-11-14-3-2-4-31-14/h9-10,12,14,22,25H,2-8,11H2,1H3,(H,23,24)/b16-12-. The summed E-state index contributed by atoms with van der Waals surface area (Å²) in [4.78, 5) is 14.1. The Balaban J connectivity index is 2.00. The van der Waals surface area contributed by atoms with E-state index in [1.54, 1.807) is 0 Å². The number of pyridine rings is 1. The van der Waals surface area contributed by atoms with Gasteiger partial charge in [-0.3, -0.25) is 21.0 Å². The van der Waals surface area contributed by atoms with Crippen LogP contribution in [0, 0.1) is 10.1 Å². The minimum atomic E-state index is -4.65. The van der Waals surface area contributed by atoms with Gasteiger partial charge in [0.15, 0.2) is 5.82 Å². The number of aromatic nitrogens is 1. The number of nitrogens with zero attached hydrogens (tertiary/aromatic N) is 2. The van der Waals surface area contributed by atoms with Gasteiger partial charge >= 0.3 is 6.18 Å². The minimum absolute atomic E-state index is 0.0275. The van der Waals surface area contributed by atoms with Gasteiger partial charge in [-0.25, -0.2) is 0 Å². The quantitative estimate of drug-likeness (QED) is 0.213. The lowest BCUT2D eigenvalue weighted by atomic mass is 10.2. The van der Waals surface area contributed by atoms with Gasteiger partial charge < -0.3 is 24.3 Å². The van der Waals surface area contributed by atoms with Crippen LogP contribution in [0.5, 0.6) is 5.88 Å². The van der Waals surface area contributed by atoms with Crippen LogP contribution < -0.4 is 20.9 Å². The molecule has 3 N–H and O–H groups in total. The Morgan fingerprint density at radius 2 is 2.12 bits per heavy atom. The molecule has 32 heavy (non-hydrogen) atoms. The van der Waals surface area contributed by atoms with Crippen molar-refractivity contribution in [3.8, 4) is 5.88 Å². The summed E-state index contributed by atoms with van der Waals surface area (Å²) in [5.74, 6) is -0.603. The van der Waals surface area contributed by atoms with Crippen LogP contribution in [-0.2, 0) is 20.4 Å². The molecule has 0 amide bonds. The molecule has 0 aliphatic carbocycles. The van der Waals surface area contributed by atoms with E-state index < -0.39 is 16.7 Å². The summed E-state index contributed by atoms with van der Waals surface area (Å²) >= 11 is 0. The number of rotatable bonds is 14. The average molecular weight is 465 g/mol. The third kappa shape index (κ3) is 9.53. The maximum atomic E-state index is 13.2. The number of methoxy groups -OCH3 is 1. The van der Waals surface area contributed by atoms with Crippen molar-refractivity contribution in [3.05, 3.63) is 39.8 Å². The van der Waals surface area contributed by atoms with Crippen LogP contribution in [-0.4, -0.2) is 62.7 Å². The van der Waals surface area contributed by atoms with Crippen LogP contribution >= 0.6 is 0 Å². The van der Waals surface area contributed by atoms with Gasteiger partial charge in [0.05, 0.1) is 36.4 Å². The Morgan fingerprint density at radius 3 is 2.78 bits per heavy atom. The normalized spacial score (nSPS) is 16.6. The summed E-state index contributed by atoms with van der Waals surface area (Å²) in [6.07, 6.45) is -2.42. The summed E-state index contributed by atoms with van der Waals surface area (Å²) in [6.45, 7) is 1.70. The van der Waals surface area contributed by atoms with E-state index in [0.717, 1.165) is 25.0 Å². The van der Waals surface area contributed by atoms with Crippen LogP contribution in [0.1, 0.15) is 18.4 Å². The second-order valence-electron chi connectivity index (χ2n) is 6.62. The topological polar surface area (TPSA) is 129 Å². The maximum Gasteiger partial charge on any atom is 0.416 e. The summed E-state index contributed by atoms with van der Waals surface area (Å²) in [7, 11) is 1.51. The lowest BCUT2D eigenvalue weighted by Crippen LogP contribution is -2.36. The van der Waals surface area contributed by atoms with Crippen molar-refractivity contribution in [2.45, 2.75) is 25.1 Å². The molecule has 2 heterocycles. The van der Waals surface area contributed by atoms with Gasteiger partial charge in [0.25, 0.3) is 6.20 Å². The van der Waals surface area contributed by atoms with Gasteiger partial charge in [-0.2, -0.15) is 18.2 Å². The molecule has 1 fully saturated rings. The first kappa shape index (κ1) is 25.4. The molecule has 2 rings (SSSR count). The molecule has 1 saturated heterocycles. The number of nitrogens with one attached hydrogen (secondary N) is 3. The smallest absolute Gasteiger partial charge is 0.416 e. The lowest BCUT2D eigenvalue weighted by molar-refractivity contribution is -0.404. The largest absolute Gasteiger partial charge is 0.475 e. The highest BCUT2D eigenvalue weighted by atomic mass is 19.4. The SMILES string of the molecule is COCCOCCOc1cc(C(F)(F)F)cc(NN/C(=C\[N+](=O)[O-])NCC2CCCO2)n1. The summed E-state index contributed by atoms with van der Waals surface area (Å²) in [5.41, 5.74) is 3.90. The predicted octanol–water partition coefficient (Wildman–Crippen LogP) is 1.90. The minimum Gasteiger partial charge on any atom is -0.475 e. The van der Waals surface area contributed by atoms with E-state index in [1.807, 2.05) is 0 Å². The third-order valence-electron chi connectivity index (χ3n) is 4.14. The number of anilines is 1. The lowest BCUT2D eigenvalue weighted by Gasteiger charge is -2.17. The molecule has 0 aromatic carbocycles. The van der Waals surface area contributed by atoms with Crippen LogP contribution in [0.15, 0.2) is 24.2 Å². The number of hydrazine groups is 1. The van der Waals surface area contributed by atoms with Gasteiger partial charge in [0.2, 0.25) is 5.88 Å². The zero-order chi connectivity index (χ0) is 23.4. The van der Waals surface area contributed by atoms with Gasteiger partial charge in [-0.05, 0) is 18.9 Å². The average Bonchev–Trinajstić information content (AvgIpc) is 3.25. The Morgan fingerprint density at radius 1 is 1.34 bits per heavy atom. The molecule has 0 saturated carbocycles. The molecule has 1 aromatic heterocycles. The molecule has 1 aliphatic rings. The van der Waals surface area contributed by atoms with Gasteiger partial charge in [-0.1, -0.05) is 0 Å². The van der Waals surface area contributed by atoms with E-state index in [0.29, 0.717) is 32.6 Å². The molecular weight excluding hydrogens is 439 g/mol. The van der Waals surface area contributed by atoms with E-state index >= 15 is 0 Å². The van der Waals surface area contributed by atoms with Crippen molar-refractivity contribution in [3.63, 3.8) is 0 Å². The molecule has 0 bridgehead atoms. The van der Waals surface area contributed by atoms with Gasteiger partial charge in [0, 0.05) is 26.3 Å². The highest BCUT2D eigenvalue weighted by molar-refractivity contribution is 5.42. The van der Waals surface area contributed by atoms with Crippen molar-refractivity contribution in [1.29, 1.82) is 0 Å². The molecule has 11 nitrogen and oxygen atoms in total. The van der Waals surface area contributed by atoms with Crippen molar-refractivity contribution in [1.82, 2.24) is 15.7 Å². The van der Waals surface area contributed by atoms with E-state index in [1.165, 1.54) is 7.11 Å². The molecule has 1 unspecified atom stereocenters. The number of hydrogen-bond acceptors (Lipinski definition) is 10. The molecule has 1 aliphatic heterocycles. The summed E-state index contributed by atoms with van der Waals surface area (Å²) < 4.78 is 60.4.